The fraction of sp³-hybridized carbons (Fsp3) is 0.846. The molecule has 19 heavy (non-hydrogen) atoms. The summed E-state index contributed by atoms with van der Waals surface area (Å²) in [5, 5.41) is 11.6. The number of carboxylic acids is 1. The average Bonchev–Trinajstić information content (AvgIpc) is 2.32. The summed E-state index contributed by atoms with van der Waals surface area (Å²) in [5.74, 6) is -0.992. The second-order valence-corrected chi connectivity index (χ2v) is 5.69. The van der Waals surface area contributed by atoms with E-state index in [2.05, 4.69) is 5.32 Å². The quantitative estimate of drug-likeness (QED) is 0.767. The van der Waals surface area contributed by atoms with E-state index in [1.165, 1.54) is 0 Å². The van der Waals surface area contributed by atoms with Gasteiger partial charge in [-0.05, 0) is 26.7 Å². The third-order valence-corrected chi connectivity index (χ3v) is 3.85. The Labute approximate surface area is 114 Å². The molecule has 110 valence electrons. The van der Waals surface area contributed by atoms with Crippen molar-refractivity contribution >= 4 is 12.0 Å². The summed E-state index contributed by atoms with van der Waals surface area (Å²) >= 11 is 0. The third-order valence-electron chi connectivity index (χ3n) is 3.85. The number of carboxylic acid groups (broad SMARTS) is 1. The topological polar surface area (TPSA) is 78.9 Å². The largest absolute Gasteiger partial charge is 0.480 e. The molecule has 1 fully saturated rings. The molecule has 0 aromatic carbocycles. The van der Waals surface area contributed by atoms with Crippen LogP contribution in [0.3, 0.4) is 0 Å². The summed E-state index contributed by atoms with van der Waals surface area (Å²) in [6.45, 7) is 8.45. The number of rotatable bonds is 6. The van der Waals surface area contributed by atoms with Gasteiger partial charge in [-0.3, -0.25) is 0 Å². The molecule has 0 aliphatic carbocycles. The van der Waals surface area contributed by atoms with E-state index in [1.54, 1.807) is 4.90 Å². The highest BCUT2D eigenvalue weighted by atomic mass is 16.5. The van der Waals surface area contributed by atoms with Gasteiger partial charge in [0.15, 0.2) is 0 Å². The number of hydrogen-bond donors (Lipinski definition) is 2. The number of aliphatic carboxylic acids is 1. The Hall–Kier alpha value is -1.30. The van der Waals surface area contributed by atoms with Crippen LogP contribution in [0.4, 0.5) is 4.79 Å². The van der Waals surface area contributed by atoms with E-state index in [9.17, 15) is 9.59 Å². The van der Waals surface area contributed by atoms with Crippen LogP contribution >= 0.6 is 0 Å². The molecule has 1 saturated heterocycles. The number of amides is 2. The zero-order chi connectivity index (χ0) is 14.7. The normalized spacial score (nSPS) is 17.8. The Morgan fingerprint density at radius 3 is 2.32 bits per heavy atom. The van der Waals surface area contributed by atoms with Crippen LogP contribution in [0.1, 0.15) is 40.5 Å². The maximum atomic E-state index is 12.0. The smallest absolute Gasteiger partial charge is 0.329 e. The van der Waals surface area contributed by atoms with E-state index < -0.39 is 11.6 Å². The number of urea groups is 1. The molecule has 0 aromatic heterocycles. The fourth-order valence-corrected chi connectivity index (χ4v) is 2.00. The van der Waals surface area contributed by atoms with Crippen LogP contribution in [0.2, 0.25) is 0 Å². The van der Waals surface area contributed by atoms with Gasteiger partial charge in [-0.1, -0.05) is 13.8 Å². The highest BCUT2D eigenvalue weighted by Crippen LogP contribution is 2.25. The van der Waals surface area contributed by atoms with E-state index in [4.69, 9.17) is 9.84 Å². The number of likely N-dealkylation sites (tertiary alicyclic amines) is 1. The van der Waals surface area contributed by atoms with Crippen molar-refractivity contribution < 1.29 is 19.4 Å². The van der Waals surface area contributed by atoms with Crippen molar-refractivity contribution in [3.8, 4) is 0 Å². The fourth-order valence-electron chi connectivity index (χ4n) is 2.00. The molecule has 0 atom stereocenters. The molecule has 1 aliphatic heterocycles. The molecule has 1 aliphatic rings. The minimum atomic E-state index is -0.992. The van der Waals surface area contributed by atoms with E-state index >= 15 is 0 Å². The molecule has 0 saturated carbocycles. The van der Waals surface area contributed by atoms with Gasteiger partial charge in [0.05, 0.1) is 13.1 Å². The summed E-state index contributed by atoms with van der Waals surface area (Å²) < 4.78 is 5.27. The number of nitrogens with one attached hydrogen (secondary N) is 1. The summed E-state index contributed by atoms with van der Waals surface area (Å²) in [6, 6.07) is -0.109. The first-order chi connectivity index (χ1) is 8.73. The van der Waals surface area contributed by atoms with Gasteiger partial charge in [-0.25, -0.2) is 9.59 Å². The molecule has 6 nitrogen and oxygen atoms in total. The van der Waals surface area contributed by atoms with E-state index in [1.807, 2.05) is 27.7 Å². The summed E-state index contributed by atoms with van der Waals surface area (Å²) in [7, 11) is 0. The van der Waals surface area contributed by atoms with Crippen molar-refractivity contribution in [2.75, 3.05) is 19.7 Å². The van der Waals surface area contributed by atoms with Crippen LogP contribution in [0.15, 0.2) is 0 Å². The van der Waals surface area contributed by atoms with Gasteiger partial charge >= 0.3 is 12.0 Å². The molecule has 0 aromatic rings. The van der Waals surface area contributed by atoms with E-state index in [-0.39, 0.29) is 18.2 Å². The number of carbonyl (C=O) groups is 2. The Balaban J connectivity index is 2.41. The zero-order valence-electron chi connectivity index (χ0n) is 12.2. The van der Waals surface area contributed by atoms with Crippen molar-refractivity contribution in [3.63, 3.8) is 0 Å². The average molecular weight is 272 g/mol. The first-order valence-electron chi connectivity index (χ1n) is 6.66. The molecule has 0 unspecified atom stereocenters. The summed E-state index contributed by atoms with van der Waals surface area (Å²) in [5.41, 5.74) is -0.727. The SMILES string of the molecule is CCC(C)(CC)NC(=O)N1CC(C)(OCC(=O)O)C1. The van der Waals surface area contributed by atoms with Crippen LogP contribution in [0.25, 0.3) is 0 Å². The monoisotopic (exact) mass is 272 g/mol. The van der Waals surface area contributed by atoms with Crippen molar-refractivity contribution in [2.45, 2.75) is 51.7 Å². The Morgan fingerprint density at radius 2 is 1.89 bits per heavy atom. The van der Waals surface area contributed by atoms with Crippen molar-refractivity contribution in [1.82, 2.24) is 10.2 Å². The van der Waals surface area contributed by atoms with Crippen molar-refractivity contribution in [1.29, 1.82) is 0 Å². The highest BCUT2D eigenvalue weighted by molar-refractivity contribution is 5.76. The molecule has 1 rings (SSSR count). The molecule has 0 spiro atoms. The summed E-state index contributed by atoms with van der Waals surface area (Å²) in [6.07, 6.45) is 1.74. The molecule has 6 heteroatoms. The van der Waals surface area contributed by atoms with Gasteiger partial charge in [-0.15, -0.1) is 0 Å². The molecule has 0 bridgehead atoms. The Morgan fingerprint density at radius 1 is 1.37 bits per heavy atom. The van der Waals surface area contributed by atoms with Gasteiger partial charge in [0.1, 0.15) is 12.2 Å². The number of ether oxygens (including phenoxy) is 1. The molecular weight excluding hydrogens is 248 g/mol. The molecule has 2 N–H and O–H groups in total. The highest BCUT2D eigenvalue weighted by Gasteiger charge is 2.43. The molecule has 2 amide bonds. The minimum absolute atomic E-state index is 0.109. The second kappa shape index (κ2) is 5.77. The maximum Gasteiger partial charge on any atom is 0.329 e. The van der Waals surface area contributed by atoms with Crippen LogP contribution in [0, 0.1) is 0 Å². The van der Waals surface area contributed by atoms with Gasteiger partial charge in [0.2, 0.25) is 0 Å². The number of hydrogen-bond acceptors (Lipinski definition) is 3. The van der Waals surface area contributed by atoms with Crippen LogP contribution in [-0.2, 0) is 9.53 Å². The molecule has 1 heterocycles. The lowest BCUT2D eigenvalue weighted by molar-refractivity contribution is -0.159. The predicted molar refractivity (Wildman–Crippen MR) is 71.1 cm³/mol. The predicted octanol–water partition coefficient (Wildman–Crippen LogP) is 1.45. The standard InChI is InChI=1S/C13H24N2O4/c1-5-12(3,6-2)14-11(18)15-8-13(4,9-15)19-7-10(16)17/h5-9H2,1-4H3,(H,14,18)(H,16,17). The van der Waals surface area contributed by atoms with Gasteiger partial charge in [0, 0.05) is 5.54 Å². The molecule has 0 radical (unpaired) electrons. The van der Waals surface area contributed by atoms with Crippen LogP contribution < -0.4 is 5.32 Å². The van der Waals surface area contributed by atoms with E-state index in [0.29, 0.717) is 13.1 Å². The first-order valence-corrected chi connectivity index (χ1v) is 6.66. The maximum absolute atomic E-state index is 12.0. The number of carbonyl (C=O) groups excluding carboxylic acids is 1. The lowest BCUT2D eigenvalue weighted by atomic mass is 9.94. The zero-order valence-corrected chi connectivity index (χ0v) is 12.2. The minimum Gasteiger partial charge on any atom is -0.480 e. The van der Waals surface area contributed by atoms with Gasteiger partial charge < -0.3 is 20.1 Å². The second-order valence-electron chi connectivity index (χ2n) is 5.69. The van der Waals surface area contributed by atoms with Gasteiger partial charge in [-0.2, -0.15) is 0 Å². The Bertz CT molecular complexity index is 347. The van der Waals surface area contributed by atoms with Gasteiger partial charge in [0.25, 0.3) is 0 Å². The lowest BCUT2D eigenvalue weighted by Gasteiger charge is -2.48. The third kappa shape index (κ3) is 4.09. The number of nitrogens with zero attached hydrogens (tertiary/aromatic N) is 1. The Kier molecular flexibility index (Phi) is 4.79. The lowest BCUT2D eigenvalue weighted by Crippen LogP contribution is -2.67. The van der Waals surface area contributed by atoms with Crippen LogP contribution in [0.5, 0.6) is 0 Å². The van der Waals surface area contributed by atoms with E-state index in [0.717, 1.165) is 12.8 Å². The molecular formula is C13H24N2O4. The van der Waals surface area contributed by atoms with Crippen molar-refractivity contribution in [3.05, 3.63) is 0 Å². The van der Waals surface area contributed by atoms with Crippen molar-refractivity contribution in [2.24, 2.45) is 0 Å². The summed E-state index contributed by atoms with van der Waals surface area (Å²) in [4.78, 5) is 24.1. The first kappa shape index (κ1) is 15.8. The van der Waals surface area contributed by atoms with Crippen LogP contribution in [-0.4, -0.2) is 52.8 Å².